The van der Waals surface area contributed by atoms with Gasteiger partial charge in [0.1, 0.15) is 25.4 Å². The molecule has 18 heteroatoms. The maximum absolute atomic E-state index is 12.9. The zero-order chi connectivity index (χ0) is 62.4. The molecule has 0 amide bonds. The van der Waals surface area contributed by atoms with Gasteiger partial charge < -0.3 is 34.2 Å². The minimum atomic E-state index is -4.93. The van der Waals surface area contributed by atoms with E-state index in [0.717, 1.165) is 109 Å². The van der Waals surface area contributed by atoms with E-state index in [-0.39, 0.29) is 19.3 Å². The molecule has 0 aromatic heterocycles. The number of rotatable bonds is 58. The molecule has 0 saturated heterocycles. The van der Waals surface area contributed by atoms with Crippen LogP contribution < -0.4 is 0 Å². The molecular formula is C67H110O16P2. The molecule has 4 N–H and O–H groups in total. The Kier molecular flexibility index (Phi) is 57.0. The van der Waals surface area contributed by atoms with Gasteiger partial charge in [0.15, 0.2) is 6.10 Å². The van der Waals surface area contributed by atoms with E-state index in [4.69, 9.17) is 32.3 Å². The lowest BCUT2D eigenvalue weighted by molar-refractivity contribution is -0.161. The third-order valence-corrected chi connectivity index (χ3v) is 14.3. The summed E-state index contributed by atoms with van der Waals surface area (Å²) in [7, 11) is -9.80. The maximum atomic E-state index is 12.9. The Morgan fingerprint density at radius 3 is 1.06 bits per heavy atom. The Bertz CT molecular complexity index is 2090. The van der Waals surface area contributed by atoms with Gasteiger partial charge in [0.25, 0.3) is 0 Å². The number of carbonyl (C=O) groups is 3. The van der Waals surface area contributed by atoms with E-state index in [0.29, 0.717) is 25.7 Å². The van der Waals surface area contributed by atoms with Crippen LogP contribution >= 0.6 is 15.6 Å². The number of hydrogen-bond acceptors (Lipinski definition) is 14. The van der Waals surface area contributed by atoms with Gasteiger partial charge >= 0.3 is 33.6 Å². The molecular weight excluding hydrogens is 1120 g/mol. The van der Waals surface area contributed by atoms with Crippen molar-refractivity contribution < 1.29 is 75.8 Å². The van der Waals surface area contributed by atoms with Crippen molar-refractivity contribution in [2.24, 2.45) is 0 Å². The minimum Gasteiger partial charge on any atom is -0.463 e. The van der Waals surface area contributed by atoms with E-state index >= 15 is 0 Å². The smallest absolute Gasteiger partial charge is 0.463 e. The first-order valence-electron chi connectivity index (χ1n) is 31.5. The Labute approximate surface area is 512 Å². The average molecular weight is 1230 g/mol. The zero-order valence-electron chi connectivity index (χ0n) is 52.0. The first kappa shape index (κ1) is 80.7. The molecule has 484 valence electrons. The minimum absolute atomic E-state index is 0.0563. The molecule has 5 atom stereocenters. The van der Waals surface area contributed by atoms with Crippen molar-refractivity contribution in [3.8, 4) is 0 Å². The van der Waals surface area contributed by atoms with E-state index < -0.39 is 91.5 Å². The molecule has 0 aromatic rings. The van der Waals surface area contributed by atoms with Crippen LogP contribution in [-0.2, 0) is 55.8 Å². The molecule has 0 saturated carbocycles. The summed E-state index contributed by atoms with van der Waals surface area (Å²) in [6.45, 7) is 2.26. The highest BCUT2D eigenvalue weighted by atomic mass is 31.2. The van der Waals surface area contributed by atoms with Crippen LogP contribution in [0.4, 0.5) is 0 Å². The number of phosphoric acid groups is 2. The van der Waals surface area contributed by atoms with Crippen molar-refractivity contribution in [1.29, 1.82) is 0 Å². The fourth-order valence-electron chi connectivity index (χ4n) is 7.62. The zero-order valence-corrected chi connectivity index (χ0v) is 53.8. The molecule has 5 unspecified atom stereocenters. The van der Waals surface area contributed by atoms with Gasteiger partial charge in [-0.2, -0.15) is 0 Å². The maximum Gasteiger partial charge on any atom is 0.472 e. The van der Waals surface area contributed by atoms with E-state index in [1.807, 2.05) is 18.2 Å². The quantitative estimate of drug-likeness (QED) is 0.0146. The van der Waals surface area contributed by atoms with Gasteiger partial charge in [0, 0.05) is 19.3 Å². The normalized spacial score (nSPS) is 15.2. The third-order valence-electron chi connectivity index (χ3n) is 12.4. The number of allylic oxidation sites excluding steroid dienone is 22. The van der Waals surface area contributed by atoms with Crippen LogP contribution in [-0.4, -0.2) is 95.9 Å². The Morgan fingerprint density at radius 1 is 0.341 bits per heavy atom. The second-order valence-electron chi connectivity index (χ2n) is 20.5. The van der Waals surface area contributed by atoms with Gasteiger partial charge in [0.2, 0.25) is 0 Å². The summed E-state index contributed by atoms with van der Waals surface area (Å²) in [5.74, 6) is -1.70. The summed E-state index contributed by atoms with van der Waals surface area (Å²) in [6, 6.07) is 0. The molecule has 0 aliphatic carbocycles. The predicted octanol–water partition coefficient (Wildman–Crippen LogP) is 16.9. The SMILES string of the molecule is CC/C=C\C/C=C\C/C=C\C/C=C\C/C=C\C/C=C\CCC(=O)OCC(O)COP(=O)(O)OCC(O)COP(=O)(O)OCC(COC(=O)CCCCC/C=C\C/C=C\C/C=C\C/C=C\C/C=C\CC)OC(=O)CCCCCCCCCCCCC. The standard InChI is InChI=1S/C67H110O16P2/c1-4-7-10-13-16-19-22-24-26-28-30-32-34-36-39-41-44-47-50-53-65(70)77-56-62(68)57-79-84(73,74)80-58-63(69)59-81-85(75,76)82-61-64(83-67(72)55-52-49-46-43-38-21-18-15-12-9-6-3)60-78-66(71)54-51-48-45-42-40-37-35-33-31-29-27-25-23-20-17-14-11-8-5-2/h7-8,10-11,16-17,19-20,24-27,30-33,36-37,39-40,44,47,62-64,68-69H,4-6,9,12-15,18,21-23,28-29,34-35,38,41-43,45-46,48-61H2,1-3H3,(H,73,74)(H,75,76)/b10-7-,11-8-,19-16-,20-17-,26-24-,27-25-,32-30-,33-31-,39-36-,40-37-,47-44-. The largest absolute Gasteiger partial charge is 0.472 e. The van der Waals surface area contributed by atoms with Crippen LogP contribution in [0.25, 0.3) is 0 Å². The van der Waals surface area contributed by atoms with Gasteiger partial charge in [-0.1, -0.05) is 225 Å². The van der Waals surface area contributed by atoms with Crippen LogP contribution in [0.2, 0.25) is 0 Å². The van der Waals surface area contributed by atoms with Gasteiger partial charge in [0.05, 0.1) is 26.4 Å². The fraction of sp³-hybridized carbons (Fsp3) is 0.627. The second kappa shape index (κ2) is 60.0. The highest BCUT2D eigenvalue weighted by molar-refractivity contribution is 7.47. The molecule has 0 spiro atoms. The van der Waals surface area contributed by atoms with Crippen molar-refractivity contribution in [3.63, 3.8) is 0 Å². The lowest BCUT2D eigenvalue weighted by atomic mass is 10.1. The summed E-state index contributed by atoms with van der Waals surface area (Å²) in [4.78, 5) is 58.1. The Balaban J connectivity index is 4.74. The second-order valence-corrected chi connectivity index (χ2v) is 23.4. The van der Waals surface area contributed by atoms with Gasteiger partial charge in [-0.15, -0.1) is 0 Å². The van der Waals surface area contributed by atoms with Crippen molar-refractivity contribution in [2.75, 3.05) is 39.6 Å². The lowest BCUT2D eigenvalue weighted by Crippen LogP contribution is -2.30. The predicted molar refractivity (Wildman–Crippen MR) is 343 cm³/mol. The molecule has 0 fully saturated rings. The van der Waals surface area contributed by atoms with Crippen molar-refractivity contribution in [2.45, 2.75) is 232 Å². The highest BCUT2D eigenvalue weighted by Gasteiger charge is 2.29. The Hall–Kier alpha value is -4.31. The van der Waals surface area contributed by atoms with Crippen LogP contribution in [0.15, 0.2) is 134 Å². The number of aliphatic hydroxyl groups excluding tert-OH is 2. The van der Waals surface area contributed by atoms with Crippen LogP contribution in [0.1, 0.15) is 213 Å². The third kappa shape index (κ3) is 61.1. The Morgan fingerprint density at radius 2 is 0.647 bits per heavy atom. The first-order valence-corrected chi connectivity index (χ1v) is 34.5. The molecule has 0 aromatic carbocycles. The summed E-state index contributed by atoms with van der Waals surface area (Å²) in [5, 5.41) is 20.5. The van der Waals surface area contributed by atoms with Gasteiger partial charge in [-0.25, -0.2) is 9.13 Å². The van der Waals surface area contributed by atoms with Gasteiger partial charge in [-0.3, -0.25) is 32.5 Å². The van der Waals surface area contributed by atoms with E-state index in [9.17, 15) is 43.5 Å². The molecule has 0 aliphatic heterocycles. The number of aliphatic hydroxyl groups is 2. The van der Waals surface area contributed by atoms with Crippen molar-refractivity contribution in [3.05, 3.63) is 134 Å². The van der Waals surface area contributed by atoms with Crippen LogP contribution in [0.3, 0.4) is 0 Å². The molecule has 0 bridgehead atoms. The number of ether oxygens (including phenoxy) is 3. The monoisotopic (exact) mass is 1230 g/mol. The van der Waals surface area contributed by atoms with E-state index in [1.54, 1.807) is 0 Å². The highest BCUT2D eigenvalue weighted by Crippen LogP contribution is 2.45. The van der Waals surface area contributed by atoms with E-state index in [1.165, 1.54) is 38.5 Å². The summed E-state index contributed by atoms with van der Waals surface area (Å²) in [6.07, 6.45) is 68.2. The number of unbranched alkanes of at least 4 members (excludes halogenated alkanes) is 13. The molecule has 0 heterocycles. The molecule has 0 rings (SSSR count). The van der Waals surface area contributed by atoms with Crippen molar-refractivity contribution >= 4 is 33.6 Å². The number of phosphoric ester groups is 2. The summed E-state index contributed by atoms with van der Waals surface area (Å²) >= 11 is 0. The molecule has 85 heavy (non-hydrogen) atoms. The van der Waals surface area contributed by atoms with Crippen molar-refractivity contribution in [1.82, 2.24) is 0 Å². The first-order chi connectivity index (χ1) is 41.2. The number of carbonyl (C=O) groups excluding carboxylic acids is 3. The summed E-state index contributed by atoms with van der Waals surface area (Å²) in [5.41, 5.74) is 0. The van der Waals surface area contributed by atoms with Crippen LogP contribution in [0.5, 0.6) is 0 Å². The fourth-order valence-corrected chi connectivity index (χ4v) is 9.21. The molecule has 16 nitrogen and oxygen atoms in total. The van der Waals surface area contributed by atoms with Gasteiger partial charge in [-0.05, 0) is 103 Å². The van der Waals surface area contributed by atoms with Crippen LogP contribution in [0, 0.1) is 0 Å². The summed E-state index contributed by atoms with van der Waals surface area (Å²) < 4.78 is 60.6. The molecule has 0 aliphatic rings. The topological polar surface area (TPSA) is 231 Å². The van der Waals surface area contributed by atoms with E-state index in [2.05, 4.69) is 136 Å². The average Bonchev–Trinajstić information content (AvgIpc) is 3.60. The number of esters is 3. The lowest BCUT2D eigenvalue weighted by Gasteiger charge is -2.21. The molecule has 0 radical (unpaired) electrons. The number of hydrogen-bond donors (Lipinski definition) is 4.